The lowest BCUT2D eigenvalue weighted by Crippen LogP contribution is -2.36. The predicted octanol–water partition coefficient (Wildman–Crippen LogP) is 0.456. The van der Waals surface area contributed by atoms with Crippen molar-refractivity contribution in [2.45, 2.75) is 24.6 Å². The summed E-state index contributed by atoms with van der Waals surface area (Å²) >= 11 is 0. The van der Waals surface area contributed by atoms with E-state index in [2.05, 4.69) is 5.92 Å². The van der Waals surface area contributed by atoms with E-state index in [1.54, 1.807) is 0 Å². The van der Waals surface area contributed by atoms with Crippen molar-refractivity contribution in [1.29, 1.82) is 0 Å². The first-order valence-electron chi connectivity index (χ1n) is 5.37. The molecule has 4 unspecified atom stereocenters. The molecule has 0 saturated carbocycles. The molecule has 0 aliphatic carbocycles. The van der Waals surface area contributed by atoms with Gasteiger partial charge < -0.3 is 19.7 Å². The summed E-state index contributed by atoms with van der Waals surface area (Å²) in [4.78, 5) is 0. The van der Waals surface area contributed by atoms with Crippen LogP contribution in [0.1, 0.15) is 11.9 Å². The number of benzene rings is 1. The SMILES string of the molecule is C#CC1OC(c2ccccc2)OC1C(O)CO. The van der Waals surface area contributed by atoms with E-state index < -0.39 is 31.2 Å². The lowest BCUT2D eigenvalue weighted by Gasteiger charge is -2.16. The maximum Gasteiger partial charge on any atom is 0.186 e. The fourth-order valence-electron chi connectivity index (χ4n) is 1.75. The summed E-state index contributed by atoms with van der Waals surface area (Å²) in [5, 5.41) is 18.5. The van der Waals surface area contributed by atoms with Crippen molar-refractivity contribution in [3.05, 3.63) is 35.9 Å². The van der Waals surface area contributed by atoms with Crippen LogP contribution in [0.3, 0.4) is 0 Å². The average Bonchev–Trinajstić information content (AvgIpc) is 2.83. The van der Waals surface area contributed by atoms with Crippen LogP contribution in [0, 0.1) is 12.3 Å². The number of hydrogen-bond donors (Lipinski definition) is 2. The first-order chi connectivity index (χ1) is 8.26. The Kier molecular flexibility index (Phi) is 3.77. The minimum absolute atomic E-state index is 0.409. The third-order valence-electron chi connectivity index (χ3n) is 2.65. The highest BCUT2D eigenvalue weighted by atomic mass is 16.7. The van der Waals surface area contributed by atoms with Crippen LogP contribution in [0.25, 0.3) is 0 Å². The van der Waals surface area contributed by atoms with Crippen LogP contribution in [-0.2, 0) is 9.47 Å². The lowest BCUT2D eigenvalue weighted by atomic mass is 10.1. The van der Waals surface area contributed by atoms with Gasteiger partial charge in [-0.1, -0.05) is 36.3 Å². The Hall–Kier alpha value is -1.38. The Morgan fingerprint density at radius 2 is 2.00 bits per heavy atom. The van der Waals surface area contributed by atoms with Gasteiger partial charge in [0, 0.05) is 5.56 Å². The zero-order chi connectivity index (χ0) is 12.3. The summed E-state index contributed by atoms with van der Waals surface area (Å²) in [5.41, 5.74) is 0.834. The molecule has 1 aromatic rings. The lowest BCUT2D eigenvalue weighted by molar-refractivity contribution is -0.0906. The smallest absolute Gasteiger partial charge is 0.186 e. The molecule has 1 heterocycles. The molecule has 0 aromatic heterocycles. The van der Waals surface area contributed by atoms with E-state index in [0.29, 0.717) is 0 Å². The molecule has 1 saturated heterocycles. The van der Waals surface area contributed by atoms with E-state index >= 15 is 0 Å². The second-order valence-electron chi connectivity index (χ2n) is 3.82. The number of aliphatic hydroxyl groups excluding tert-OH is 2. The zero-order valence-electron chi connectivity index (χ0n) is 9.19. The first kappa shape index (κ1) is 12.1. The Morgan fingerprint density at radius 1 is 1.29 bits per heavy atom. The molecule has 2 N–H and O–H groups in total. The van der Waals surface area contributed by atoms with Crippen LogP contribution >= 0.6 is 0 Å². The first-order valence-corrected chi connectivity index (χ1v) is 5.37. The van der Waals surface area contributed by atoms with Crippen molar-refractivity contribution >= 4 is 0 Å². The van der Waals surface area contributed by atoms with Crippen LogP contribution in [0.2, 0.25) is 0 Å². The number of rotatable bonds is 3. The highest BCUT2D eigenvalue weighted by molar-refractivity contribution is 5.18. The van der Waals surface area contributed by atoms with E-state index in [4.69, 9.17) is 21.0 Å². The molecule has 2 rings (SSSR count). The molecule has 0 bridgehead atoms. The molecule has 1 aliphatic rings. The quantitative estimate of drug-likeness (QED) is 0.746. The fraction of sp³-hybridized carbons (Fsp3) is 0.385. The fourth-order valence-corrected chi connectivity index (χ4v) is 1.75. The van der Waals surface area contributed by atoms with E-state index in [1.807, 2.05) is 30.3 Å². The van der Waals surface area contributed by atoms with Crippen molar-refractivity contribution in [1.82, 2.24) is 0 Å². The molecule has 4 nitrogen and oxygen atoms in total. The van der Waals surface area contributed by atoms with Crippen molar-refractivity contribution < 1.29 is 19.7 Å². The predicted molar refractivity (Wildman–Crippen MR) is 60.9 cm³/mol. The third kappa shape index (κ3) is 2.48. The van der Waals surface area contributed by atoms with Crippen LogP contribution in [-0.4, -0.2) is 35.1 Å². The summed E-state index contributed by atoms with van der Waals surface area (Å²) < 4.78 is 11.0. The summed E-state index contributed by atoms with van der Waals surface area (Å²) in [6.07, 6.45) is 2.33. The standard InChI is InChI=1S/C13H14O4/c1-2-11-12(10(15)8-14)17-13(16-11)9-6-4-3-5-7-9/h1,3-7,10-15H,8H2. The van der Waals surface area contributed by atoms with Crippen molar-refractivity contribution in [3.63, 3.8) is 0 Å². The van der Waals surface area contributed by atoms with E-state index in [9.17, 15) is 5.11 Å². The van der Waals surface area contributed by atoms with Gasteiger partial charge in [-0.3, -0.25) is 0 Å². The molecule has 0 radical (unpaired) electrons. The highest BCUT2D eigenvalue weighted by Crippen LogP contribution is 2.32. The Morgan fingerprint density at radius 3 is 2.59 bits per heavy atom. The van der Waals surface area contributed by atoms with Gasteiger partial charge in [0.15, 0.2) is 6.29 Å². The van der Waals surface area contributed by atoms with Gasteiger partial charge >= 0.3 is 0 Å². The molecule has 0 amide bonds. The van der Waals surface area contributed by atoms with Crippen molar-refractivity contribution in [2.24, 2.45) is 0 Å². The van der Waals surface area contributed by atoms with Gasteiger partial charge in [0.05, 0.1) is 6.61 Å². The summed E-state index contributed by atoms with van der Waals surface area (Å²) in [5.74, 6) is 2.41. The average molecular weight is 234 g/mol. The Bertz CT molecular complexity index is 398. The topological polar surface area (TPSA) is 58.9 Å². The molecule has 1 aromatic carbocycles. The van der Waals surface area contributed by atoms with Crippen molar-refractivity contribution in [2.75, 3.05) is 6.61 Å². The van der Waals surface area contributed by atoms with Crippen molar-refractivity contribution in [3.8, 4) is 12.3 Å². The Labute approximate surface area is 99.8 Å². The molecule has 4 atom stereocenters. The van der Waals surface area contributed by atoms with Gasteiger partial charge in [0.25, 0.3) is 0 Å². The van der Waals surface area contributed by atoms with Gasteiger partial charge in [-0.2, -0.15) is 0 Å². The molecule has 1 fully saturated rings. The van der Waals surface area contributed by atoms with Gasteiger partial charge in [0.2, 0.25) is 0 Å². The maximum atomic E-state index is 9.57. The van der Waals surface area contributed by atoms with Crippen LogP contribution < -0.4 is 0 Å². The molecular weight excluding hydrogens is 220 g/mol. The minimum Gasteiger partial charge on any atom is -0.394 e. The molecule has 0 spiro atoms. The molecule has 4 heteroatoms. The summed E-state index contributed by atoms with van der Waals surface area (Å²) in [6, 6.07) is 9.32. The number of terminal acetylenes is 1. The summed E-state index contributed by atoms with van der Waals surface area (Å²) in [6.45, 7) is -0.409. The minimum atomic E-state index is -1.04. The Balaban J connectivity index is 2.13. The number of aliphatic hydroxyl groups is 2. The molecule has 17 heavy (non-hydrogen) atoms. The number of ether oxygens (including phenoxy) is 2. The second-order valence-corrected chi connectivity index (χ2v) is 3.82. The largest absolute Gasteiger partial charge is 0.394 e. The van der Waals surface area contributed by atoms with Gasteiger partial charge in [0.1, 0.15) is 18.3 Å². The zero-order valence-corrected chi connectivity index (χ0v) is 9.19. The number of hydrogen-bond acceptors (Lipinski definition) is 4. The highest BCUT2D eigenvalue weighted by Gasteiger charge is 2.39. The molecule has 90 valence electrons. The maximum absolute atomic E-state index is 9.57. The van der Waals surface area contributed by atoms with Crippen LogP contribution in [0.5, 0.6) is 0 Å². The summed E-state index contributed by atoms with van der Waals surface area (Å²) in [7, 11) is 0. The van der Waals surface area contributed by atoms with Crippen LogP contribution in [0.4, 0.5) is 0 Å². The monoisotopic (exact) mass is 234 g/mol. The van der Waals surface area contributed by atoms with Crippen LogP contribution in [0.15, 0.2) is 30.3 Å². The van der Waals surface area contributed by atoms with Gasteiger partial charge in [-0.15, -0.1) is 6.42 Å². The third-order valence-corrected chi connectivity index (χ3v) is 2.65. The van der Waals surface area contributed by atoms with Gasteiger partial charge in [-0.25, -0.2) is 0 Å². The van der Waals surface area contributed by atoms with E-state index in [0.717, 1.165) is 5.56 Å². The normalized spacial score (nSPS) is 29.8. The molecular formula is C13H14O4. The molecule has 1 aliphatic heterocycles. The second kappa shape index (κ2) is 5.30. The van der Waals surface area contributed by atoms with E-state index in [-0.39, 0.29) is 0 Å². The van der Waals surface area contributed by atoms with E-state index in [1.165, 1.54) is 0 Å². The van der Waals surface area contributed by atoms with Gasteiger partial charge in [-0.05, 0) is 0 Å².